The molecular formula is C14H24N2O3S2. The Balaban J connectivity index is 1.81. The van der Waals surface area contributed by atoms with Crippen LogP contribution in [0.4, 0.5) is 0 Å². The number of rotatable bonds is 8. The van der Waals surface area contributed by atoms with Crippen molar-refractivity contribution in [2.45, 2.75) is 49.5 Å². The van der Waals surface area contributed by atoms with Gasteiger partial charge >= 0.3 is 0 Å². The molecule has 0 amide bonds. The highest BCUT2D eigenvalue weighted by atomic mass is 32.2. The minimum absolute atomic E-state index is 0.203. The molecule has 1 fully saturated rings. The molecule has 1 atom stereocenters. The second-order valence-corrected chi connectivity index (χ2v) is 8.13. The summed E-state index contributed by atoms with van der Waals surface area (Å²) >= 11 is 1.27. The number of nitrogens with one attached hydrogen (secondary N) is 2. The molecule has 120 valence electrons. The molecule has 2 N–H and O–H groups in total. The highest BCUT2D eigenvalue weighted by molar-refractivity contribution is 7.91. The Kier molecular flexibility index (Phi) is 6.63. The van der Waals surface area contributed by atoms with Crippen LogP contribution in [0, 0.1) is 0 Å². The molecule has 0 saturated carbocycles. The minimum Gasteiger partial charge on any atom is -0.378 e. The van der Waals surface area contributed by atoms with Crippen molar-refractivity contribution in [1.29, 1.82) is 0 Å². The summed E-state index contributed by atoms with van der Waals surface area (Å²) in [4.78, 5) is 0. The van der Waals surface area contributed by atoms with Crippen LogP contribution in [0.3, 0.4) is 0 Å². The van der Waals surface area contributed by atoms with Gasteiger partial charge in [0.25, 0.3) is 0 Å². The van der Waals surface area contributed by atoms with Crippen LogP contribution in [0.15, 0.2) is 15.7 Å². The lowest BCUT2D eigenvalue weighted by molar-refractivity contribution is 0.0123. The second kappa shape index (κ2) is 8.24. The van der Waals surface area contributed by atoms with Gasteiger partial charge in [0.15, 0.2) is 0 Å². The molecule has 1 aromatic heterocycles. The molecule has 1 saturated heterocycles. The van der Waals surface area contributed by atoms with Gasteiger partial charge in [0, 0.05) is 19.7 Å². The van der Waals surface area contributed by atoms with Crippen molar-refractivity contribution in [2.75, 3.05) is 19.7 Å². The van der Waals surface area contributed by atoms with E-state index in [2.05, 4.69) is 10.0 Å². The summed E-state index contributed by atoms with van der Waals surface area (Å²) in [5.41, 5.74) is 1.01. The Bertz CT molecular complexity index is 522. The summed E-state index contributed by atoms with van der Waals surface area (Å²) in [7, 11) is -3.38. The molecule has 7 heteroatoms. The summed E-state index contributed by atoms with van der Waals surface area (Å²) < 4.78 is 33.1. The molecule has 0 aromatic carbocycles. The van der Waals surface area contributed by atoms with Crippen LogP contribution in [-0.4, -0.2) is 34.2 Å². The predicted molar refractivity (Wildman–Crippen MR) is 85.1 cm³/mol. The molecule has 0 aliphatic carbocycles. The molecule has 1 aliphatic rings. The van der Waals surface area contributed by atoms with E-state index in [1.165, 1.54) is 17.8 Å². The van der Waals surface area contributed by atoms with E-state index >= 15 is 0 Å². The van der Waals surface area contributed by atoms with Crippen LogP contribution in [0.25, 0.3) is 0 Å². The molecule has 1 unspecified atom stereocenters. The van der Waals surface area contributed by atoms with Crippen molar-refractivity contribution in [2.24, 2.45) is 0 Å². The van der Waals surface area contributed by atoms with Crippen LogP contribution in [0.5, 0.6) is 0 Å². The molecule has 5 nitrogen and oxygen atoms in total. The van der Waals surface area contributed by atoms with Crippen molar-refractivity contribution in [3.8, 4) is 0 Å². The summed E-state index contributed by atoms with van der Waals surface area (Å²) in [5.74, 6) is 0. The molecule has 1 aliphatic heterocycles. The SMILES string of the molecule is CCNCc1csc(S(=O)(=O)NCCC2CCCCO2)c1. The minimum atomic E-state index is -3.38. The maximum absolute atomic E-state index is 12.2. The third-order valence-electron chi connectivity index (χ3n) is 3.51. The zero-order chi connectivity index (χ0) is 15.1. The van der Waals surface area contributed by atoms with Crippen molar-refractivity contribution >= 4 is 21.4 Å². The largest absolute Gasteiger partial charge is 0.378 e. The van der Waals surface area contributed by atoms with E-state index in [4.69, 9.17) is 4.74 Å². The normalized spacial score (nSPS) is 19.8. The van der Waals surface area contributed by atoms with Crippen LogP contribution < -0.4 is 10.0 Å². The van der Waals surface area contributed by atoms with Gasteiger partial charge < -0.3 is 10.1 Å². The van der Waals surface area contributed by atoms with Crippen LogP contribution in [-0.2, 0) is 21.3 Å². The zero-order valence-corrected chi connectivity index (χ0v) is 14.1. The van der Waals surface area contributed by atoms with Crippen molar-refractivity contribution < 1.29 is 13.2 Å². The van der Waals surface area contributed by atoms with Crippen molar-refractivity contribution in [3.63, 3.8) is 0 Å². The van der Waals surface area contributed by atoms with E-state index in [-0.39, 0.29) is 6.10 Å². The first-order chi connectivity index (χ1) is 10.1. The first kappa shape index (κ1) is 16.9. The third-order valence-corrected chi connectivity index (χ3v) is 6.46. The molecule has 0 bridgehead atoms. The van der Waals surface area contributed by atoms with Crippen molar-refractivity contribution in [3.05, 3.63) is 17.0 Å². The molecule has 1 aromatic rings. The smallest absolute Gasteiger partial charge is 0.250 e. The standard InChI is InChI=1S/C14H24N2O3S2/c1-2-15-10-12-9-14(20-11-12)21(17,18)16-7-6-13-5-3-4-8-19-13/h9,11,13,15-16H,2-8,10H2,1H3. The fourth-order valence-electron chi connectivity index (χ4n) is 2.32. The van der Waals surface area contributed by atoms with Gasteiger partial charge in [0.1, 0.15) is 4.21 Å². The van der Waals surface area contributed by atoms with Gasteiger partial charge in [-0.3, -0.25) is 0 Å². The van der Waals surface area contributed by atoms with Gasteiger partial charge in [-0.2, -0.15) is 0 Å². The van der Waals surface area contributed by atoms with Gasteiger partial charge in [0.2, 0.25) is 10.0 Å². The lowest BCUT2D eigenvalue weighted by Gasteiger charge is -2.22. The Labute approximate surface area is 131 Å². The van der Waals surface area contributed by atoms with Crippen molar-refractivity contribution in [1.82, 2.24) is 10.0 Å². The topological polar surface area (TPSA) is 67.4 Å². The monoisotopic (exact) mass is 332 g/mol. The number of sulfonamides is 1. The van der Waals surface area contributed by atoms with E-state index in [0.29, 0.717) is 17.3 Å². The fraction of sp³-hybridized carbons (Fsp3) is 0.714. The van der Waals surface area contributed by atoms with Crippen LogP contribution in [0.1, 0.15) is 38.2 Å². The Morgan fingerprint density at radius 3 is 3.00 bits per heavy atom. The quantitative estimate of drug-likeness (QED) is 0.765. The first-order valence-corrected chi connectivity index (χ1v) is 9.87. The Morgan fingerprint density at radius 1 is 1.43 bits per heavy atom. The number of ether oxygens (including phenoxy) is 1. The first-order valence-electron chi connectivity index (χ1n) is 7.51. The van der Waals surface area contributed by atoms with E-state index in [0.717, 1.165) is 38.0 Å². The highest BCUT2D eigenvalue weighted by Gasteiger charge is 2.18. The lowest BCUT2D eigenvalue weighted by atomic mass is 10.1. The van der Waals surface area contributed by atoms with Gasteiger partial charge in [-0.25, -0.2) is 13.1 Å². The average molecular weight is 332 g/mol. The summed E-state index contributed by atoms with van der Waals surface area (Å²) in [5, 5.41) is 5.08. The average Bonchev–Trinajstić information content (AvgIpc) is 2.96. The van der Waals surface area contributed by atoms with Gasteiger partial charge in [-0.15, -0.1) is 11.3 Å². The second-order valence-electron chi connectivity index (χ2n) is 5.23. The molecule has 2 rings (SSSR count). The predicted octanol–water partition coefficient (Wildman–Crippen LogP) is 2.10. The number of hydrogen-bond acceptors (Lipinski definition) is 5. The third kappa shape index (κ3) is 5.34. The maximum Gasteiger partial charge on any atom is 0.250 e. The van der Waals surface area contributed by atoms with E-state index in [9.17, 15) is 8.42 Å². The summed E-state index contributed by atoms with van der Waals surface area (Å²) in [6, 6.07) is 1.74. The Hall–Kier alpha value is -0.470. The van der Waals surface area contributed by atoms with Gasteiger partial charge in [-0.1, -0.05) is 6.92 Å². The lowest BCUT2D eigenvalue weighted by Crippen LogP contribution is -2.29. The number of hydrogen-bond donors (Lipinski definition) is 2. The Morgan fingerprint density at radius 2 is 2.29 bits per heavy atom. The van der Waals surface area contributed by atoms with Crippen LogP contribution >= 0.6 is 11.3 Å². The fourth-order valence-corrected chi connectivity index (χ4v) is 4.62. The van der Waals surface area contributed by atoms with Gasteiger partial charge in [-0.05, 0) is 49.2 Å². The highest BCUT2D eigenvalue weighted by Crippen LogP contribution is 2.20. The summed E-state index contributed by atoms with van der Waals surface area (Å²) in [6.45, 7) is 4.85. The maximum atomic E-state index is 12.2. The van der Waals surface area contributed by atoms with E-state index in [1.54, 1.807) is 6.07 Å². The van der Waals surface area contributed by atoms with E-state index in [1.807, 2.05) is 12.3 Å². The summed E-state index contributed by atoms with van der Waals surface area (Å²) in [6.07, 6.45) is 4.28. The zero-order valence-electron chi connectivity index (χ0n) is 12.4. The number of thiophene rings is 1. The molecule has 0 spiro atoms. The van der Waals surface area contributed by atoms with Crippen LogP contribution in [0.2, 0.25) is 0 Å². The molecular weight excluding hydrogens is 308 g/mol. The van der Waals surface area contributed by atoms with Gasteiger partial charge in [0.05, 0.1) is 6.10 Å². The molecule has 2 heterocycles. The molecule has 21 heavy (non-hydrogen) atoms. The molecule has 0 radical (unpaired) electrons. The van der Waals surface area contributed by atoms with E-state index < -0.39 is 10.0 Å².